The van der Waals surface area contributed by atoms with Crippen molar-refractivity contribution in [3.63, 3.8) is 0 Å². The summed E-state index contributed by atoms with van der Waals surface area (Å²) in [4.78, 5) is 21.8. The molecule has 114 valence electrons. The van der Waals surface area contributed by atoms with Crippen molar-refractivity contribution in [1.29, 1.82) is 0 Å². The first-order chi connectivity index (χ1) is 10.5. The maximum absolute atomic E-state index is 13.0. The second kappa shape index (κ2) is 6.86. The van der Waals surface area contributed by atoms with Gasteiger partial charge in [-0.25, -0.2) is 4.39 Å². The van der Waals surface area contributed by atoms with E-state index in [1.165, 1.54) is 36.4 Å². The number of nitrogens with one attached hydrogen (secondary N) is 1. The molecule has 0 aliphatic rings. The van der Waals surface area contributed by atoms with Crippen molar-refractivity contribution in [3.05, 3.63) is 63.4 Å². The van der Waals surface area contributed by atoms with Gasteiger partial charge >= 0.3 is 0 Å². The predicted molar refractivity (Wildman–Crippen MR) is 78.6 cm³/mol. The molecular formula is C14H10ClFN2O4. The molecule has 1 amide bonds. The van der Waals surface area contributed by atoms with Crippen LogP contribution < -0.4 is 10.1 Å². The van der Waals surface area contributed by atoms with E-state index in [2.05, 4.69) is 5.32 Å². The van der Waals surface area contributed by atoms with Gasteiger partial charge in [-0.15, -0.1) is 0 Å². The summed E-state index contributed by atoms with van der Waals surface area (Å²) >= 11 is 5.60. The van der Waals surface area contributed by atoms with E-state index < -0.39 is 16.6 Å². The first-order valence-corrected chi connectivity index (χ1v) is 6.45. The van der Waals surface area contributed by atoms with Crippen LogP contribution >= 0.6 is 11.6 Å². The van der Waals surface area contributed by atoms with Gasteiger partial charge in [0, 0.05) is 11.8 Å². The minimum Gasteiger partial charge on any atom is -0.484 e. The van der Waals surface area contributed by atoms with E-state index in [0.717, 1.165) is 6.07 Å². The van der Waals surface area contributed by atoms with Gasteiger partial charge in [-0.3, -0.25) is 14.9 Å². The predicted octanol–water partition coefficient (Wildman–Crippen LogP) is 3.40. The van der Waals surface area contributed by atoms with Gasteiger partial charge in [-0.05, 0) is 24.3 Å². The Morgan fingerprint density at radius 3 is 2.77 bits per heavy atom. The fourth-order valence-corrected chi connectivity index (χ4v) is 1.79. The van der Waals surface area contributed by atoms with Crippen molar-refractivity contribution in [1.82, 2.24) is 0 Å². The SMILES string of the molecule is O=C(COc1cccc([N+](=O)[O-])c1)Nc1ccc(F)c(Cl)c1. The number of nitro benzene ring substituents is 1. The van der Waals surface area contributed by atoms with E-state index in [1.54, 1.807) is 0 Å². The third kappa shape index (κ3) is 4.16. The number of nitro groups is 1. The molecule has 2 rings (SSSR count). The third-order valence-electron chi connectivity index (χ3n) is 2.60. The molecule has 0 atom stereocenters. The number of carbonyl (C=O) groups is 1. The quantitative estimate of drug-likeness (QED) is 0.675. The highest BCUT2D eigenvalue weighted by atomic mass is 35.5. The van der Waals surface area contributed by atoms with Crippen LogP contribution in [0.3, 0.4) is 0 Å². The second-order valence-corrected chi connectivity index (χ2v) is 4.63. The summed E-state index contributed by atoms with van der Waals surface area (Å²) in [5.74, 6) is -0.900. The van der Waals surface area contributed by atoms with Crippen molar-refractivity contribution in [3.8, 4) is 5.75 Å². The van der Waals surface area contributed by atoms with Crippen LogP contribution in [0.1, 0.15) is 0 Å². The van der Waals surface area contributed by atoms with E-state index in [9.17, 15) is 19.3 Å². The van der Waals surface area contributed by atoms with E-state index >= 15 is 0 Å². The number of nitrogens with zero attached hydrogens (tertiary/aromatic N) is 1. The molecule has 0 saturated carbocycles. The molecule has 0 fully saturated rings. The standard InChI is InChI=1S/C14H10ClFN2O4/c15-12-6-9(4-5-13(12)16)17-14(19)8-22-11-3-1-2-10(7-11)18(20)21/h1-7H,8H2,(H,17,19). The molecule has 0 aromatic heterocycles. The van der Waals surface area contributed by atoms with Gasteiger partial charge < -0.3 is 10.1 Å². The van der Waals surface area contributed by atoms with Crippen LogP contribution in [-0.4, -0.2) is 17.4 Å². The molecule has 22 heavy (non-hydrogen) atoms. The highest BCUT2D eigenvalue weighted by molar-refractivity contribution is 6.31. The van der Waals surface area contributed by atoms with Crippen molar-refractivity contribution in [2.45, 2.75) is 0 Å². The summed E-state index contributed by atoms with van der Waals surface area (Å²) < 4.78 is 18.1. The van der Waals surface area contributed by atoms with Crippen molar-refractivity contribution in [2.24, 2.45) is 0 Å². The molecule has 0 saturated heterocycles. The number of non-ortho nitro benzene ring substituents is 1. The molecule has 8 heteroatoms. The van der Waals surface area contributed by atoms with Gasteiger partial charge in [0.25, 0.3) is 11.6 Å². The van der Waals surface area contributed by atoms with Crippen molar-refractivity contribution < 1.29 is 18.8 Å². The number of hydrogen-bond acceptors (Lipinski definition) is 4. The summed E-state index contributed by atoms with van der Waals surface area (Å²) in [6, 6.07) is 9.21. The Balaban J connectivity index is 1.94. The van der Waals surface area contributed by atoms with E-state index in [0.29, 0.717) is 5.69 Å². The second-order valence-electron chi connectivity index (χ2n) is 4.22. The highest BCUT2D eigenvalue weighted by Gasteiger charge is 2.09. The average Bonchev–Trinajstić information content (AvgIpc) is 2.49. The van der Waals surface area contributed by atoms with Gasteiger partial charge in [0.15, 0.2) is 6.61 Å². The van der Waals surface area contributed by atoms with Gasteiger partial charge in [-0.2, -0.15) is 0 Å². The molecule has 6 nitrogen and oxygen atoms in total. The zero-order valence-electron chi connectivity index (χ0n) is 11.1. The summed E-state index contributed by atoms with van der Waals surface area (Å²) in [6.45, 7) is -0.351. The fourth-order valence-electron chi connectivity index (χ4n) is 1.61. The van der Waals surface area contributed by atoms with Crippen LogP contribution in [0.2, 0.25) is 5.02 Å². The number of halogens is 2. The van der Waals surface area contributed by atoms with Crippen LogP contribution in [0.15, 0.2) is 42.5 Å². The summed E-state index contributed by atoms with van der Waals surface area (Å²) in [5, 5.41) is 13.0. The lowest BCUT2D eigenvalue weighted by Gasteiger charge is -2.08. The van der Waals surface area contributed by atoms with Gasteiger partial charge in [0.05, 0.1) is 16.0 Å². The minimum atomic E-state index is -0.590. The van der Waals surface area contributed by atoms with Gasteiger partial charge in [0.2, 0.25) is 0 Å². The Hall–Kier alpha value is -2.67. The summed E-state index contributed by atoms with van der Waals surface area (Å²) in [7, 11) is 0. The molecule has 0 bridgehead atoms. The maximum Gasteiger partial charge on any atom is 0.273 e. The number of carbonyl (C=O) groups excluding carboxylic acids is 1. The Morgan fingerprint density at radius 1 is 1.32 bits per heavy atom. The molecule has 0 aliphatic carbocycles. The molecule has 0 unspecified atom stereocenters. The zero-order chi connectivity index (χ0) is 16.1. The van der Waals surface area contributed by atoms with E-state index in [4.69, 9.17) is 16.3 Å². The minimum absolute atomic E-state index is 0.114. The van der Waals surface area contributed by atoms with Crippen LogP contribution in [0, 0.1) is 15.9 Å². The monoisotopic (exact) mass is 324 g/mol. The molecular weight excluding hydrogens is 315 g/mol. The Bertz CT molecular complexity index is 724. The van der Waals surface area contributed by atoms with Crippen LogP contribution in [0.4, 0.5) is 15.8 Å². The number of anilines is 1. The molecule has 2 aromatic carbocycles. The highest BCUT2D eigenvalue weighted by Crippen LogP contribution is 2.20. The lowest BCUT2D eigenvalue weighted by atomic mass is 10.3. The smallest absolute Gasteiger partial charge is 0.273 e. The van der Waals surface area contributed by atoms with E-state index in [-0.39, 0.29) is 23.1 Å². The van der Waals surface area contributed by atoms with Crippen LogP contribution in [0.25, 0.3) is 0 Å². The number of hydrogen-bond donors (Lipinski definition) is 1. The van der Waals surface area contributed by atoms with Gasteiger partial charge in [0.1, 0.15) is 11.6 Å². The fraction of sp³-hybridized carbons (Fsp3) is 0.0714. The largest absolute Gasteiger partial charge is 0.484 e. The number of amides is 1. The van der Waals surface area contributed by atoms with Crippen LogP contribution in [-0.2, 0) is 4.79 Å². The Labute approximate surface area is 129 Å². The lowest BCUT2D eigenvalue weighted by Crippen LogP contribution is -2.20. The van der Waals surface area contributed by atoms with Crippen molar-refractivity contribution in [2.75, 3.05) is 11.9 Å². The van der Waals surface area contributed by atoms with Crippen molar-refractivity contribution >= 4 is 28.9 Å². The first kappa shape index (κ1) is 15.7. The average molecular weight is 325 g/mol. The first-order valence-electron chi connectivity index (χ1n) is 6.08. The molecule has 0 radical (unpaired) electrons. The molecule has 0 aliphatic heterocycles. The van der Waals surface area contributed by atoms with Gasteiger partial charge in [-0.1, -0.05) is 17.7 Å². The van der Waals surface area contributed by atoms with E-state index in [1.807, 2.05) is 0 Å². The zero-order valence-corrected chi connectivity index (χ0v) is 11.8. The molecule has 0 spiro atoms. The number of benzene rings is 2. The Morgan fingerprint density at radius 2 is 2.09 bits per heavy atom. The molecule has 2 aromatic rings. The normalized spacial score (nSPS) is 10.1. The third-order valence-corrected chi connectivity index (χ3v) is 2.89. The lowest BCUT2D eigenvalue weighted by molar-refractivity contribution is -0.384. The number of rotatable bonds is 5. The van der Waals surface area contributed by atoms with Crippen LogP contribution in [0.5, 0.6) is 5.75 Å². The molecule has 1 N–H and O–H groups in total. The maximum atomic E-state index is 13.0. The Kier molecular flexibility index (Phi) is 4.90. The summed E-state index contributed by atoms with van der Waals surface area (Å²) in [6.07, 6.45) is 0. The topological polar surface area (TPSA) is 81.5 Å². The molecule has 0 heterocycles. The summed E-state index contributed by atoms with van der Waals surface area (Å²) in [5.41, 5.74) is 0.183. The number of ether oxygens (including phenoxy) is 1.